The summed E-state index contributed by atoms with van der Waals surface area (Å²) >= 11 is 0. The number of hydrogen-bond acceptors (Lipinski definition) is 7. The van der Waals surface area contributed by atoms with Crippen molar-refractivity contribution in [2.75, 3.05) is 17.3 Å². The van der Waals surface area contributed by atoms with Crippen LogP contribution in [0.15, 0.2) is 52.5 Å². The summed E-state index contributed by atoms with van der Waals surface area (Å²) in [7, 11) is -3.27. The van der Waals surface area contributed by atoms with Crippen LogP contribution >= 0.6 is 0 Å². The van der Waals surface area contributed by atoms with Crippen molar-refractivity contribution in [3.63, 3.8) is 0 Å². The molecule has 0 unspecified atom stereocenters. The molecule has 15 heteroatoms. The van der Waals surface area contributed by atoms with Gasteiger partial charge in [0.2, 0.25) is 5.82 Å². The van der Waals surface area contributed by atoms with E-state index >= 15 is 0 Å². The van der Waals surface area contributed by atoms with Crippen molar-refractivity contribution in [1.29, 1.82) is 0 Å². The second-order valence-electron chi connectivity index (χ2n) is 6.60. The molecule has 0 aliphatic heterocycles. The number of hydrazone groups is 1. The Hall–Kier alpha value is -4.27. The molecule has 0 aliphatic carbocycles. The normalized spacial score (nSPS) is 11.5. The molecule has 0 atom stereocenters. The van der Waals surface area contributed by atoms with Gasteiger partial charge in [-0.2, -0.15) is 5.10 Å². The highest BCUT2D eigenvalue weighted by atomic mass is 32.2. The van der Waals surface area contributed by atoms with Gasteiger partial charge in [-0.25, -0.2) is 30.4 Å². The van der Waals surface area contributed by atoms with E-state index in [1.165, 1.54) is 25.3 Å². The van der Waals surface area contributed by atoms with Gasteiger partial charge in [0.25, 0.3) is 15.7 Å². The van der Waals surface area contributed by atoms with E-state index in [1.807, 2.05) is 0 Å². The highest BCUT2D eigenvalue weighted by Gasteiger charge is 2.26. The number of para-hydroxylation sites is 2. The number of nitrogens with one attached hydrogen (secondary N) is 2. The number of nitrogens with zero attached hydrogens (tertiary/aromatic N) is 2. The van der Waals surface area contributed by atoms with E-state index in [9.17, 15) is 40.5 Å². The third kappa shape index (κ3) is 5.13. The molecule has 0 bridgehead atoms. The molecule has 0 aliphatic rings. The van der Waals surface area contributed by atoms with Crippen molar-refractivity contribution in [3.8, 4) is 5.75 Å². The van der Waals surface area contributed by atoms with Crippen LogP contribution in [0.3, 0.4) is 0 Å². The first-order valence-corrected chi connectivity index (χ1v) is 10.7. The molecule has 184 valence electrons. The van der Waals surface area contributed by atoms with E-state index in [-0.39, 0.29) is 17.7 Å². The Kier molecular flexibility index (Phi) is 7.19. The van der Waals surface area contributed by atoms with E-state index < -0.39 is 65.9 Å². The lowest BCUT2D eigenvalue weighted by molar-refractivity contribution is -0.385. The largest absolute Gasteiger partial charge is 0.495 e. The predicted molar refractivity (Wildman–Crippen MR) is 114 cm³/mol. The van der Waals surface area contributed by atoms with Crippen molar-refractivity contribution >= 4 is 33.3 Å². The first-order chi connectivity index (χ1) is 16.5. The Balaban J connectivity index is 2.03. The average Bonchev–Trinajstić information content (AvgIpc) is 2.83. The minimum absolute atomic E-state index is 0.0163. The van der Waals surface area contributed by atoms with E-state index in [0.29, 0.717) is 6.07 Å². The Labute approximate surface area is 194 Å². The highest BCUT2D eigenvalue weighted by molar-refractivity contribution is 7.93. The van der Waals surface area contributed by atoms with Gasteiger partial charge < -0.3 is 4.74 Å². The molecule has 9 nitrogen and oxygen atoms in total. The number of halogens is 5. The first-order valence-electron chi connectivity index (χ1n) is 9.22. The maximum atomic E-state index is 13.8. The molecule has 0 amide bonds. The lowest BCUT2D eigenvalue weighted by Crippen LogP contribution is -2.15. The molecule has 2 N–H and O–H groups in total. The Morgan fingerprint density at radius 3 is 2.14 bits per heavy atom. The molecule has 3 aromatic carbocycles. The Morgan fingerprint density at radius 2 is 1.54 bits per heavy atom. The second-order valence-corrected chi connectivity index (χ2v) is 8.25. The van der Waals surface area contributed by atoms with Crippen molar-refractivity contribution in [1.82, 2.24) is 0 Å². The monoisotopic (exact) mass is 516 g/mol. The number of methoxy groups -OCH3 is 1. The summed E-state index contributed by atoms with van der Waals surface area (Å²) < 4.78 is 101. The van der Waals surface area contributed by atoms with Crippen molar-refractivity contribution < 1.29 is 40.0 Å². The van der Waals surface area contributed by atoms with Gasteiger partial charge in [0.15, 0.2) is 23.3 Å². The summed E-state index contributed by atoms with van der Waals surface area (Å²) in [6.45, 7) is 0. The lowest BCUT2D eigenvalue weighted by atomic mass is 10.2. The minimum atomic E-state index is -4.55. The molecule has 3 rings (SSSR count). The van der Waals surface area contributed by atoms with E-state index in [0.717, 1.165) is 12.1 Å². The fraction of sp³-hybridized carbons (Fsp3) is 0.0500. The Bertz CT molecular complexity index is 1420. The maximum absolute atomic E-state index is 13.8. The topological polar surface area (TPSA) is 123 Å². The minimum Gasteiger partial charge on any atom is -0.495 e. The smallest absolute Gasteiger partial charge is 0.270 e. The zero-order valence-corrected chi connectivity index (χ0v) is 18.2. The third-order valence-corrected chi connectivity index (χ3v) is 5.84. The number of anilines is 2. The molecule has 35 heavy (non-hydrogen) atoms. The highest BCUT2D eigenvalue weighted by Crippen LogP contribution is 2.31. The Morgan fingerprint density at radius 1 is 0.943 bits per heavy atom. The van der Waals surface area contributed by atoms with Crippen molar-refractivity contribution in [2.24, 2.45) is 5.10 Å². The lowest BCUT2D eigenvalue weighted by Gasteiger charge is -2.14. The van der Waals surface area contributed by atoms with Gasteiger partial charge in [-0.1, -0.05) is 12.1 Å². The van der Waals surface area contributed by atoms with Gasteiger partial charge >= 0.3 is 0 Å². The third-order valence-electron chi connectivity index (χ3n) is 4.44. The molecule has 0 aromatic heterocycles. The van der Waals surface area contributed by atoms with E-state index in [4.69, 9.17) is 4.74 Å². The molecule has 0 radical (unpaired) electrons. The van der Waals surface area contributed by atoms with Gasteiger partial charge in [-0.3, -0.25) is 20.3 Å². The zero-order valence-electron chi connectivity index (χ0n) is 17.4. The van der Waals surface area contributed by atoms with Crippen LogP contribution < -0.4 is 14.9 Å². The summed E-state index contributed by atoms with van der Waals surface area (Å²) in [6, 6.07) is 8.34. The van der Waals surface area contributed by atoms with Crippen LogP contribution in [-0.2, 0) is 10.0 Å². The number of hydrogen-bond donors (Lipinski definition) is 2. The molecule has 0 spiro atoms. The number of sulfonamides is 1. The maximum Gasteiger partial charge on any atom is 0.270 e. The quantitative estimate of drug-likeness (QED) is 0.113. The molecular weight excluding hydrogens is 503 g/mol. The molecular formula is C20H13F5N4O5S. The van der Waals surface area contributed by atoms with Crippen LogP contribution in [0.5, 0.6) is 5.75 Å². The van der Waals surface area contributed by atoms with E-state index in [2.05, 4.69) is 15.2 Å². The predicted octanol–water partition coefficient (Wildman–Crippen LogP) is 4.55. The number of nitro benzene ring substituents is 1. The summed E-state index contributed by atoms with van der Waals surface area (Å²) in [5.41, 5.74) is -0.375. The van der Waals surface area contributed by atoms with Crippen LogP contribution in [0.25, 0.3) is 0 Å². The number of nitro groups is 1. The molecule has 0 heterocycles. The molecule has 0 saturated carbocycles. The SMILES string of the molecule is COc1ccccc1NS(=O)(=O)c1cc([N+](=O)[O-])ccc1N/N=C/c1c(F)c(F)c(F)c(F)c1F. The second kappa shape index (κ2) is 9.92. The number of benzene rings is 3. The number of rotatable bonds is 8. The fourth-order valence-electron chi connectivity index (χ4n) is 2.77. The summed E-state index contributed by atoms with van der Waals surface area (Å²) in [6.07, 6.45) is 0.238. The first kappa shape index (κ1) is 25.4. The van der Waals surface area contributed by atoms with Gasteiger partial charge in [0.1, 0.15) is 10.6 Å². The molecule has 0 saturated heterocycles. The van der Waals surface area contributed by atoms with Crippen LogP contribution in [-0.4, -0.2) is 26.7 Å². The number of ether oxygens (including phenoxy) is 1. The van der Waals surface area contributed by atoms with Gasteiger partial charge in [-0.15, -0.1) is 0 Å². The fourth-order valence-corrected chi connectivity index (χ4v) is 4.02. The summed E-state index contributed by atoms with van der Waals surface area (Å²) in [5.74, 6) is -11.0. The van der Waals surface area contributed by atoms with Crippen LogP contribution in [0.4, 0.5) is 39.0 Å². The molecule has 0 fully saturated rings. The van der Waals surface area contributed by atoms with Crippen LogP contribution in [0.1, 0.15) is 5.56 Å². The van der Waals surface area contributed by atoms with Gasteiger partial charge in [0.05, 0.1) is 35.2 Å². The number of non-ortho nitro benzene ring substituents is 1. The summed E-state index contributed by atoms with van der Waals surface area (Å²) in [4.78, 5) is 9.56. The molecule has 3 aromatic rings. The standard InChI is InChI=1S/C20H13F5N4O5S/c1-34-14-5-3-2-4-12(14)28-35(32,33)15-8-10(29(30)31)6-7-13(15)27-26-9-11-16(21)18(23)20(25)19(24)17(11)22/h2-9,27-28H,1H3/b26-9+. The van der Waals surface area contributed by atoms with Crippen LogP contribution in [0, 0.1) is 39.2 Å². The van der Waals surface area contributed by atoms with Crippen molar-refractivity contribution in [3.05, 3.63) is 87.2 Å². The van der Waals surface area contributed by atoms with Crippen molar-refractivity contribution in [2.45, 2.75) is 4.90 Å². The van der Waals surface area contributed by atoms with Crippen LogP contribution in [0.2, 0.25) is 0 Å². The average molecular weight is 516 g/mol. The van der Waals surface area contributed by atoms with Gasteiger partial charge in [-0.05, 0) is 18.2 Å². The van der Waals surface area contributed by atoms with Gasteiger partial charge in [0, 0.05) is 12.1 Å². The zero-order chi connectivity index (χ0) is 25.9. The van der Waals surface area contributed by atoms with E-state index in [1.54, 1.807) is 6.07 Å². The summed E-state index contributed by atoms with van der Waals surface area (Å²) in [5, 5.41) is 14.5.